The maximum absolute atomic E-state index is 12.7. The quantitative estimate of drug-likeness (QED) is 0.838. The first-order valence-electron chi connectivity index (χ1n) is 10.5. The minimum absolute atomic E-state index is 0.0725. The van der Waals surface area contributed by atoms with Crippen LogP contribution in [0.1, 0.15) is 31.2 Å². The number of piperidine rings is 1. The number of anilines is 2. The molecule has 0 radical (unpaired) electrons. The third kappa shape index (κ3) is 4.60. The molecule has 2 aliphatic rings. The van der Waals surface area contributed by atoms with Crippen LogP contribution in [0.4, 0.5) is 11.4 Å². The van der Waals surface area contributed by atoms with E-state index in [0.29, 0.717) is 13.1 Å². The van der Waals surface area contributed by atoms with Crippen LogP contribution in [0.2, 0.25) is 0 Å². The Bertz CT molecular complexity index is 902. The van der Waals surface area contributed by atoms with Gasteiger partial charge in [0.05, 0.1) is 17.8 Å². The normalized spacial score (nSPS) is 19.4. The topological polar surface area (TPSA) is 70.5 Å². The molecule has 2 saturated heterocycles. The van der Waals surface area contributed by atoms with Crippen molar-refractivity contribution in [3.63, 3.8) is 0 Å². The van der Waals surface area contributed by atoms with Crippen molar-refractivity contribution in [3.05, 3.63) is 52.4 Å². The molecule has 7 nitrogen and oxygen atoms in total. The molecule has 1 aromatic carbocycles. The van der Waals surface area contributed by atoms with E-state index in [0.717, 1.165) is 43.7 Å². The zero-order valence-corrected chi connectivity index (χ0v) is 17.0. The molecule has 3 heterocycles. The molecular formula is C22H29N5O2. The van der Waals surface area contributed by atoms with Gasteiger partial charge in [-0.05, 0) is 43.4 Å². The molecule has 2 aliphatic heterocycles. The smallest absolute Gasteiger partial charge is 0.268 e. The summed E-state index contributed by atoms with van der Waals surface area (Å²) >= 11 is 0. The summed E-state index contributed by atoms with van der Waals surface area (Å²) in [5.74, 6) is 0.00629. The van der Waals surface area contributed by atoms with Crippen LogP contribution >= 0.6 is 0 Å². The summed E-state index contributed by atoms with van der Waals surface area (Å²) in [4.78, 5) is 29.1. The summed E-state index contributed by atoms with van der Waals surface area (Å²) in [7, 11) is 1.64. The van der Waals surface area contributed by atoms with Gasteiger partial charge in [0, 0.05) is 51.5 Å². The molecule has 1 N–H and O–H groups in total. The molecule has 29 heavy (non-hydrogen) atoms. The third-order valence-corrected chi connectivity index (χ3v) is 5.99. The standard InChI is InChI=1S/C22H29N5O2/c1-25-21(28)13-20(15-24-25)27-12-4-5-18(16-27)22(29)23-14-17-6-8-19(9-7-17)26-10-2-3-11-26/h6-9,13,15,18H,2-5,10-12,14,16H2,1H3,(H,23,29). The molecule has 1 aromatic heterocycles. The van der Waals surface area contributed by atoms with E-state index in [1.807, 2.05) is 0 Å². The Morgan fingerprint density at radius 3 is 2.52 bits per heavy atom. The van der Waals surface area contributed by atoms with Crippen LogP contribution in [0.25, 0.3) is 0 Å². The number of aromatic nitrogens is 2. The fraction of sp³-hybridized carbons (Fsp3) is 0.500. The first kappa shape index (κ1) is 19.5. The zero-order valence-electron chi connectivity index (χ0n) is 17.0. The predicted molar refractivity (Wildman–Crippen MR) is 114 cm³/mol. The molecule has 0 bridgehead atoms. The average molecular weight is 396 g/mol. The number of nitrogens with zero attached hydrogens (tertiary/aromatic N) is 4. The predicted octanol–water partition coefficient (Wildman–Crippen LogP) is 1.91. The van der Waals surface area contributed by atoms with Crippen molar-refractivity contribution in [2.45, 2.75) is 32.2 Å². The Morgan fingerprint density at radius 2 is 1.79 bits per heavy atom. The summed E-state index contributed by atoms with van der Waals surface area (Å²) in [6, 6.07) is 10.1. The maximum Gasteiger partial charge on any atom is 0.268 e. The van der Waals surface area contributed by atoms with E-state index in [-0.39, 0.29) is 17.4 Å². The third-order valence-electron chi connectivity index (χ3n) is 5.99. The van der Waals surface area contributed by atoms with E-state index in [4.69, 9.17) is 0 Å². The molecule has 0 saturated carbocycles. The highest BCUT2D eigenvalue weighted by Crippen LogP contribution is 2.23. The molecule has 2 aromatic rings. The van der Waals surface area contributed by atoms with Gasteiger partial charge in [0.2, 0.25) is 5.91 Å². The minimum atomic E-state index is -0.133. The van der Waals surface area contributed by atoms with Crippen molar-refractivity contribution in [1.82, 2.24) is 15.1 Å². The lowest BCUT2D eigenvalue weighted by atomic mass is 9.96. The van der Waals surface area contributed by atoms with Gasteiger partial charge >= 0.3 is 0 Å². The molecule has 4 rings (SSSR count). The van der Waals surface area contributed by atoms with Gasteiger partial charge < -0.3 is 15.1 Å². The molecule has 0 spiro atoms. The molecule has 7 heteroatoms. The molecule has 2 fully saturated rings. The lowest BCUT2D eigenvalue weighted by molar-refractivity contribution is -0.125. The van der Waals surface area contributed by atoms with Crippen LogP contribution in [0, 0.1) is 5.92 Å². The van der Waals surface area contributed by atoms with Gasteiger partial charge in [0.1, 0.15) is 0 Å². The number of rotatable bonds is 5. The van der Waals surface area contributed by atoms with Crippen molar-refractivity contribution >= 4 is 17.3 Å². The molecule has 1 atom stereocenters. The second-order valence-corrected chi connectivity index (χ2v) is 8.04. The Kier molecular flexibility index (Phi) is 5.83. The molecule has 0 aliphatic carbocycles. The second kappa shape index (κ2) is 8.68. The lowest BCUT2D eigenvalue weighted by Gasteiger charge is -2.33. The van der Waals surface area contributed by atoms with Gasteiger partial charge in [-0.25, -0.2) is 4.68 Å². The number of hydrogen-bond donors (Lipinski definition) is 1. The van der Waals surface area contributed by atoms with Crippen LogP contribution in [0.3, 0.4) is 0 Å². The fourth-order valence-electron chi connectivity index (χ4n) is 4.19. The van der Waals surface area contributed by atoms with Gasteiger partial charge in [-0.2, -0.15) is 5.10 Å². The highest BCUT2D eigenvalue weighted by Gasteiger charge is 2.26. The van der Waals surface area contributed by atoms with Gasteiger partial charge in [-0.1, -0.05) is 12.1 Å². The zero-order chi connectivity index (χ0) is 20.2. The molecule has 154 valence electrons. The van der Waals surface area contributed by atoms with Gasteiger partial charge in [-0.15, -0.1) is 0 Å². The number of carbonyl (C=O) groups excluding carboxylic acids is 1. The number of carbonyl (C=O) groups is 1. The Morgan fingerprint density at radius 1 is 1.07 bits per heavy atom. The van der Waals surface area contributed by atoms with Crippen molar-refractivity contribution in [1.29, 1.82) is 0 Å². The number of nitrogens with one attached hydrogen (secondary N) is 1. The van der Waals surface area contributed by atoms with Gasteiger partial charge in [0.15, 0.2) is 0 Å². The van der Waals surface area contributed by atoms with Crippen LogP contribution in [-0.4, -0.2) is 41.9 Å². The van der Waals surface area contributed by atoms with E-state index >= 15 is 0 Å². The number of aryl methyl sites for hydroxylation is 1. The van der Waals surface area contributed by atoms with Gasteiger partial charge in [0.25, 0.3) is 5.56 Å². The van der Waals surface area contributed by atoms with Crippen molar-refractivity contribution in [2.24, 2.45) is 13.0 Å². The Labute approximate surface area is 171 Å². The summed E-state index contributed by atoms with van der Waals surface area (Å²) in [5, 5.41) is 7.18. The molecule has 1 amide bonds. The summed E-state index contributed by atoms with van der Waals surface area (Å²) in [5.41, 5.74) is 3.04. The van der Waals surface area contributed by atoms with E-state index in [1.54, 1.807) is 19.3 Å². The summed E-state index contributed by atoms with van der Waals surface area (Å²) < 4.78 is 1.31. The first-order chi connectivity index (χ1) is 14.1. The fourth-order valence-corrected chi connectivity index (χ4v) is 4.19. The monoisotopic (exact) mass is 395 g/mol. The van der Waals surface area contributed by atoms with E-state index in [9.17, 15) is 9.59 Å². The Balaban J connectivity index is 1.32. The Hall–Kier alpha value is -2.83. The maximum atomic E-state index is 12.7. The van der Waals surface area contributed by atoms with E-state index < -0.39 is 0 Å². The molecule has 1 unspecified atom stereocenters. The van der Waals surface area contributed by atoms with Crippen molar-refractivity contribution in [2.75, 3.05) is 36.0 Å². The number of amides is 1. The SMILES string of the molecule is Cn1ncc(N2CCCC(C(=O)NCc3ccc(N4CCCC4)cc3)C2)cc1=O. The van der Waals surface area contributed by atoms with Crippen molar-refractivity contribution < 1.29 is 4.79 Å². The summed E-state index contributed by atoms with van der Waals surface area (Å²) in [6.45, 7) is 4.28. The van der Waals surface area contributed by atoms with Crippen molar-refractivity contribution in [3.8, 4) is 0 Å². The number of hydrogen-bond acceptors (Lipinski definition) is 5. The largest absolute Gasteiger partial charge is 0.372 e. The lowest BCUT2D eigenvalue weighted by Crippen LogP contribution is -2.43. The highest BCUT2D eigenvalue weighted by molar-refractivity contribution is 5.79. The first-order valence-corrected chi connectivity index (χ1v) is 10.5. The second-order valence-electron chi connectivity index (χ2n) is 8.04. The number of benzene rings is 1. The minimum Gasteiger partial charge on any atom is -0.372 e. The summed E-state index contributed by atoms with van der Waals surface area (Å²) in [6.07, 6.45) is 6.03. The van der Waals surface area contributed by atoms with E-state index in [2.05, 4.69) is 44.5 Å². The highest BCUT2D eigenvalue weighted by atomic mass is 16.2. The van der Waals surface area contributed by atoms with Gasteiger partial charge in [-0.3, -0.25) is 9.59 Å². The molecular weight excluding hydrogens is 366 g/mol. The van der Waals surface area contributed by atoms with E-state index in [1.165, 1.54) is 23.2 Å². The average Bonchev–Trinajstić information content (AvgIpc) is 3.29. The van der Waals surface area contributed by atoms with Crippen LogP contribution in [0.5, 0.6) is 0 Å². The van der Waals surface area contributed by atoms with Crippen LogP contribution < -0.4 is 20.7 Å². The van der Waals surface area contributed by atoms with Crippen LogP contribution in [-0.2, 0) is 18.4 Å². The van der Waals surface area contributed by atoms with Crippen LogP contribution in [0.15, 0.2) is 41.3 Å².